The van der Waals surface area contributed by atoms with Gasteiger partial charge in [-0.15, -0.1) is 0 Å². The molecule has 4 N–H and O–H groups in total. The van der Waals surface area contributed by atoms with Gasteiger partial charge in [-0.3, -0.25) is 29.4 Å². The summed E-state index contributed by atoms with van der Waals surface area (Å²) in [4.78, 5) is 36.3. The number of aromatic nitrogens is 3. The van der Waals surface area contributed by atoms with Crippen LogP contribution in [0.2, 0.25) is 0 Å². The van der Waals surface area contributed by atoms with Crippen LogP contribution in [0.4, 0.5) is 5.82 Å². The molecule has 3 heterocycles. The Balaban J connectivity index is 1.58. The summed E-state index contributed by atoms with van der Waals surface area (Å²) in [6, 6.07) is 8.43. The second-order valence-corrected chi connectivity index (χ2v) is 7.06. The molecule has 0 atom stereocenters. The number of nitrogens with one attached hydrogen (secondary N) is 2. The van der Waals surface area contributed by atoms with Gasteiger partial charge in [0.15, 0.2) is 0 Å². The topological polar surface area (TPSA) is 123 Å². The Morgan fingerprint density at radius 2 is 1.75 bits per heavy atom. The minimum absolute atomic E-state index is 0.0171. The van der Waals surface area contributed by atoms with Gasteiger partial charge in [0.1, 0.15) is 5.82 Å². The average molecular weight is 375 g/mol. The normalized spacial score (nSPS) is 15.3. The number of H-pyrrole nitrogens is 1. The van der Waals surface area contributed by atoms with Crippen LogP contribution in [0.3, 0.4) is 0 Å². The van der Waals surface area contributed by atoms with E-state index in [0.717, 1.165) is 36.6 Å². The summed E-state index contributed by atoms with van der Waals surface area (Å²) in [5, 5.41) is 9.75. The van der Waals surface area contributed by atoms with Crippen LogP contribution in [-0.2, 0) is 12.8 Å². The summed E-state index contributed by atoms with van der Waals surface area (Å²) in [5.41, 5.74) is 10.5. The lowest BCUT2D eigenvalue weighted by Gasteiger charge is -2.13. The molecule has 1 aromatic carbocycles. The molecule has 0 saturated heterocycles. The quantitative estimate of drug-likeness (QED) is 0.587. The van der Waals surface area contributed by atoms with Crippen molar-refractivity contribution in [2.75, 3.05) is 5.73 Å². The first-order chi connectivity index (χ1) is 13.5. The van der Waals surface area contributed by atoms with E-state index in [2.05, 4.69) is 15.5 Å². The number of nitrogen functional groups attached to an aromatic ring is 1. The van der Waals surface area contributed by atoms with E-state index in [1.165, 1.54) is 22.2 Å². The monoisotopic (exact) mass is 375 g/mol. The fraction of sp³-hybridized carbons (Fsp3) is 0.200. The molecule has 8 heteroatoms. The Morgan fingerprint density at radius 1 is 1.00 bits per heavy atom. The summed E-state index contributed by atoms with van der Waals surface area (Å²) in [6.07, 6.45) is 4.34. The van der Waals surface area contributed by atoms with Gasteiger partial charge < -0.3 is 5.73 Å². The van der Waals surface area contributed by atoms with E-state index in [1.807, 2.05) is 12.1 Å². The van der Waals surface area contributed by atoms with Gasteiger partial charge in [0.2, 0.25) is 0 Å². The van der Waals surface area contributed by atoms with Gasteiger partial charge in [0.05, 0.1) is 22.5 Å². The van der Waals surface area contributed by atoms with E-state index in [4.69, 9.17) is 5.73 Å². The maximum Gasteiger partial charge on any atom is 0.262 e. The molecule has 140 valence electrons. The maximum absolute atomic E-state index is 12.5. The van der Waals surface area contributed by atoms with E-state index in [0.29, 0.717) is 5.69 Å². The number of pyridine rings is 1. The number of hydrogen-bond donors (Lipinski definition) is 3. The molecule has 2 amide bonds. The lowest BCUT2D eigenvalue weighted by molar-refractivity contribution is 0.0880. The molecule has 0 spiro atoms. The summed E-state index contributed by atoms with van der Waals surface area (Å²) >= 11 is 0. The van der Waals surface area contributed by atoms with Gasteiger partial charge >= 0.3 is 0 Å². The average Bonchev–Trinajstić information content (AvgIpc) is 3.23. The van der Waals surface area contributed by atoms with E-state index in [-0.39, 0.29) is 16.9 Å². The Labute approximate surface area is 159 Å². The largest absolute Gasteiger partial charge is 0.384 e. The second-order valence-electron chi connectivity index (χ2n) is 7.06. The molecule has 0 saturated carbocycles. The lowest BCUT2D eigenvalue weighted by atomic mass is 9.93. The Bertz CT molecular complexity index is 1200. The smallest absolute Gasteiger partial charge is 0.262 e. The van der Waals surface area contributed by atoms with Crippen molar-refractivity contribution in [2.45, 2.75) is 25.7 Å². The van der Waals surface area contributed by atoms with E-state index in [9.17, 15) is 14.4 Å². The molecule has 0 fully saturated rings. The second kappa shape index (κ2) is 5.91. The standard InChI is InChI=1S/C20H17N5O3/c21-18-16-13(19(27)22-20(16)28)9-15(26)25(18)11-7-5-10(6-8-11)17-12-3-1-2-4-14(12)23-24-17/h5-9H,1-4,21H2,(H,23,24)(H,22,27,28). The highest BCUT2D eigenvalue weighted by Gasteiger charge is 2.31. The van der Waals surface area contributed by atoms with Crippen molar-refractivity contribution < 1.29 is 9.59 Å². The predicted octanol–water partition coefficient (Wildman–Crippen LogP) is 1.57. The number of carbonyl (C=O) groups is 2. The fourth-order valence-corrected chi connectivity index (χ4v) is 4.03. The third-order valence-corrected chi connectivity index (χ3v) is 5.41. The number of nitrogens with zero attached hydrogens (tertiary/aromatic N) is 2. The number of imide groups is 1. The van der Waals surface area contributed by atoms with Gasteiger partial charge in [0.25, 0.3) is 17.4 Å². The number of carbonyl (C=O) groups excluding carboxylic acids is 2. The van der Waals surface area contributed by atoms with Crippen molar-refractivity contribution in [3.05, 3.63) is 63.1 Å². The van der Waals surface area contributed by atoms with Crippen LogP contribution in [0.25, 0.3) is 16.9 Å². The van der Waals surface area contributed by atoms with Crippen LogP contribution >= 0.6 is 0 Å². The van der Waals surface area contributed by atoms with Crippen LogP contribution in [0.5, 0.6) is 0 Å². The first kappa shape index (κ1) is 16.5. The van der Waals surface area contributed by atoms with Gasteiger partial charge in [-0.2, -0.15) is 5.10 Å². The van der Waals surface area contributed by atoms with Crippen LogP contribution in [0.1, 0.15) is 44.8 Å². The molecule has 28 heavy (non-hydrogen) atoms. The van der Waals surface area contributed by atoms with Crippen LogP contribution in [0.15, 0.2) is 35.1 Å². The molecule has 0 radical (unpaired) electrons. The van der Waals surface area contributed by atoms with Gasteiger partial charge in [-0.25, -0.2) is 0 Å². The number of amides is 2. The molecule has 3 aromatic rings. The highest BCUT2D eigenvalue weighted by Crippen LogP contribution is 2.30. The van der Waals surface area contributed by atoms with Crippen LogP contribution < -0.4 is 16.6 Å². The Hall–Kier alpha value is -3.68. The van der Waals surface area contributed by atoms with Crippen molar-refractivity contribution in [3.63, 3.8) is 0 Å². The van der Waals surface area contributed by atoms with Crippen molar-refractivity contribution in [3.8, 4) is 16.9 Å². The molecule has 2 aromatic heterocycles. The molecular formula is C20H17N5O3. The fourth-order valence-electron chi connectivity index (χ4n) is 4.03. The molecular weight excluding hydrogens is 358 g/mol. The number of nitrogens with two attached hydrogens (primary N) is 1. The molecule has 1 aliphatic carbocycles. The van der Waals surface area contributed by atoms with Crippen molar-refractivity contribution >= 4 is 17.6 Å². The predicted molar refractivity (Wildman–Crippen MR) is 102 cm³/mol. The van der Waals surface area contributed by atoms with Crippen molar-refractivity contribution in [1.29, 1.82) is 0 Å². The number of hydrogen-bond acceptors (Lipinski definition) is 5. The third kappa shape index (κ3) is 2.31. The molecule has 2 aliphatic rings. The SMILES string of the molecule is Nc1c2c(cc(=O)n1-c1ccc(-c3n[nH]c4c3CCCC4)cc1)C(=O)NC2=O. The summed E-state index contributed by atoms with van der Waals surface area (Å²) < 4.78 is 1.24. The minimum atomic E-state index is -0.602. The number of aryl methyl sites for hydroxylation is 1. The third-order valence-electron chi connectivity index (χ3n) is 5.41. The van der Waals surface area contributed by atoms with E-state index in [1.54, 1.807) is 12.1 Å². The number of rotatable bonds is 2. The van der Waals surface area contributed by atoms with Crippen LogP contribution in [-0.4, -0.2) is 26.6 Å². The molecule has 0 bridgehead atoms. The summed E-state index contributed by atoms with van der Waals surface area (Å²) in [7, 11) is 0. The van der Waals surface area contributed by atoms with E-state index < -0.39 is 17.4 Å². The molecule has 0 unspecified atom stereocenters. The van der Waals surface area contributed by atoms with Gasteiger partial charge in [-0.05, 0) is 37.8 Å². The highest BCUT2D eigenvalue weighted by molar-refractivity contribution is 6.23. The zero-order valence-electron chi connectivity index (χ0n) is 14.9. The van der Waals surface area contributed by atoms with Gasteiger partial charge in [-0.1, -0.05) is 12.1 Å². The highest BCUT2D eigenvalue weighted by atomic mass is 16.2. The first-order valence-corrected chi connectivity index (χ1v) is 9.12. The van der Waals surface area contributed by atoms with E-state index >= 15 is 0 Å². The molecule has 5 rings (SSSR count). The van der Waals surface area contributed by atoms with Crippen LogP contribution in [0, 0.1) is 0 Å². The maximum atomic E-state index is 12.5. The molecule has 8 nitrogen and oxygen atoms in total. The Kier molecular flexibility index (Phi) is 3.48. The molecule has 1 aliphatic heterocycles. The number of anilines is 1. The zero-order valence-corrected chi connectivity index (χ0v) is 14.9. The Morgan fingerprint density at radius 3 is 2.54 bits per heavy atom. The number of aromatic amines is 1. The summed E-state index contributed by atoms with van der Waals surface area (Å²) in [5.74, 6) is -1.24. The number of benzene rings is 1. The van der Waals surface area contributed by atoms with Gasteiger partial charge in [0, 0.05) is 22.9 Å². The van der Waals surface area contributed by atoms with Crippen molar-refractivity contribution in [1.82, 2.24) is 20.1 Å². The zero-order chi connectivity index (χ0) is 19.4. The summed E-state index contributed by atoms with van der Waals surface area (Å²) in [6.45, 7) is 0. The minimum Gasteiger partial charge on any atom is -0.384 e. The lowest BCUT2D eigenvalue weighted by Crippen LogP contribution is -2.24. The van der Waals surface area contributed by atoms with Crippen molar-refractivity contribution in [2.24, 2.45) is 0 Å². The first-order valence-electron chi connectivity index (χ1n) is 9.12. The number of fused-ring (bicyclic) bond motifs is 2.